The minimum Gasteiger partial charge on any atom is -0.466 e. The number of carbonyl (C=O) groups is 1. The first kappa shape index (κ1) is 25.3. The van der Waals surface area contributed by atoms with E-state index in [-0.39, 0.29) is 35.4 Å². The monoisotopic (exact) mass is 437 g/mol. The SMILES string of the molecule is C=CC[C@]1(C2=NCCC2)[C@H](O)C[C@H](C)[C@H](O[Si](C)(C)C(C)(C)C)[C@H]1CC(=O)OCC. The van der Waals surface area contributed by atoms with Crippen molar-refractivity contribution >= 4 is 20.0 Å². The molecule has 1 N–H and O–H groups in total. The molecule has 2 rings (SSSR count). The summed E-state index contributed by atoms with van der Waals surface area (Å²) in [4.78, 5) is 17.5. The van der Waals surface area contributed by atoms with Crippen LogP contribution >= 0.6 is 0 Å². The Morgan fingerprint density at radius 3 is 2.57 bits per heavy atom. The van der Waals surface area contributed by atoms with Gasteiger partial charge in [0, 0.05) is 23.6 Å². The molecule has 1 fully saturated rings. The van der Waals surface area contributed by atoms with E-state index in [9.17, 15) is 9.90 Å². The summed E-state index contributed by atoms with van der Waals surface area (Å²) >= 11 is 0. The van der Waals surface area contributed by atoms with Crippen LogP contribution in [0.2, 0.25) is 18.1 Å². The molecule has 0 aromatic heterocycles. The molecule has 1 heterocycles. The second-order valence-electron chi connectivity index (χ2n) is 10.7. The number of ether oxygens (including phenoxy) is 1. The molecule has 0 unspecified atom stereocenters. The number of rotatable bonds is 8. The van der Waals surface area contributed by atoms with Gasteiger partial charge in [-0.25, -0.2) is 0 Å². The zero-order valence-corrected chi connectivity index (χ0v) is 21.2. The lowest BCUT2D eigenvalue weighted by molar-refractivity contribution is -0.152. The molecule has 6 heteroatoms. The van der Waals surface area contributed by atoms with Crippen molar-refractivity contribution in [3.63, 3.8) is 0 Å². The first-order valence-electron chi connectivity index (χ1n) is 11.6. The molecule has 1 aliphatic carbocycles. The van der Waals surface area contributed by atoms with Crippen LogP contribution in [-0.2, 0) is 14.0 Å². The van der Waals surface area contributed by atoms with Crippen LogP contribution < -0.4 is 0 Å². The normalized spacial score (nSPS) is 32.6. The first-order chi connectivity index (χ1) is 13.9. The van der Waals surface area contributed by atoms with Gasteiger partial charge >= 0.3 is 5.97 Å². The minimum absolute atomic E-state index is 0.0588. The van der Waals surface area contributed by atoms with Gasteiger partial charge in [-0.3, -0.25) is 9.79 Å². The van der Waals surface area contributed by atoms with E-state index < -0.39 is 19.8 Å². The molecule has 0 radical (unpaired) electrons. The highest BCUT2D eigenvalue weighted by molar-refractivity contribution is 6.74. The summed E-state index contributed by atoms with van der Waals surface area (Å²) in [5.41, 5.74) is 0.435. The molecular weight excluding hydrogens is 394 g/mol. The van der Waals surface area contributed by atoms with E-state index in [2.05, 4.69) is 47.4 Å². The van der Waals surface area contributed by atoms with Crippen LogP contribution in [0.3, 0.4) is 0 Å². The van der Waals surface area contributed by atoms with Gasteiger partial charge in [-0.05, 0) is 56.7 Å². The Hall–Kier alpha value is -0.983. The van der Waals surface area contributed by atoms with Crippen molar-refractivity contribution in [3.8, 4) is 0 Å². The number of allylic oxidation sites excluding steroid dienone is 1. The van der Waals surface area contributed by atoms with Crippen molar-refractivity contribution in [2.45, 2.75) is 97.1 Å². The van der Waals surface area contributed by atoms with Crippen molar-refractivity contribution < 1.29 is 19.1 Å². The molecule has 30 heavy (non-hydrogen) atoms. The molecule has 1 saturated carbocycles. The van der Waals surface area contributed by atoms with Crippen LogP contribution in [0.15, 0.2) is 17.6 Å². The number of aliphatic imine (C=N–C) groups is 1. The number of hydrogen-bond acceptors (Lipinski definition) is 5. The molecule has 0 saturated heterocycles. The Morgan fingerprint density at radius 2 is 2.07 bits per heavy atom. The predicted molar refractivity (Wildman–Crippen MR) is 125 cm³/mol. The Labute approximate surface area is 184 Å². The van der Waals surface area contributed by atoms with Gasteiger partial charge in [0.15, 0.2) is 8.32 Å². The summed E-state index contributed by atoms with van der Waals surface area (Å²) in [5, 5.41) is 11.5. The molecule has 0 bridgehead atoms. The van der Waals surface area contributed by atoms with Crippen LogP contribution in [0, 0.1) is 17.3 Å². The summed E-state index contributed by atoms with van der Waals surface area (Å²) in [6, 6.07) is 0. The third-order valence-electron chi connectivity index (χ3n) is 7.63. The fourth-order valence-electron chi connectivity index (χ4n) is 5.02. The second kappa shape index (κ2) is 9.66. The quantitative estimate of drug-likeness (QED) is 0.324. The van der Waals surface area contributed by atoms with E-state index in [1.165, 1.54) is 0 Å². The lowest BCUT2D eigenvalue weighted by Gasteiger charge is -2.55. The van der Waals surface area contributed by atoms with E-state index >= 15 is 0 Å². The van der Waals surface area contributed by atoms with Crippen LogP contribution in [0.25, 0.3) is 0 Å². The summed E-state index contributed by atoms with van der Waals surface area (Å²) in [7, 11) is -2.09. The molecule has 0 aromatic carbocycles. The average molecular weight is 438 g/mol. The fraction of sp³-hybridized carbons (Fsp3) is 0.833. The highest BCUT2D eigenvalue weighted by atomic mass is 28.4. The fourth-order valence-corrected chi connectivity index (χ4v) is 6.45. The van der Waals surface area contributed by atoms with Crippen molar-refractivity contribution in [2.24, 2.45) is 22.2 Å². The zero-order chi connectivity index (χ0) is 22.7. The maximum absolute atomic E-state index is 12.7. The molecule has 0 amide bonds. The lowest BCUT2D eigenvalue weighted by atomic mass is 9.55. The van der Waals surface area contributed by atoms with Crippen molar-refractivity contribution in [3.05, 3.63) is 12.7 Å². The van der Waals surface area contributed by atoms with Gasteiger partial charge in [0.1, 0.15) is 0 Å². The number of carbonyl (C=O) groups excluding carboxylic acids is 1. The predicted octanol–water partition coefficient (Wildman–Crippen LogP) is 5.14. The third kappa shape index (κ3) is 4.91. The molecule has 0 aromatic rings. The number of aliphatic hydroxyl groups excluding tert-OH is 1. The lowest BCUT2D eigenvalue weighted by Crippen LogP contribution is -2.61. The van der Waals surface area contributed by atoms with Gasteiger partial charge in [-0.1, -0.05) is 33.8 Å². The third-order valence-corrected chi connectivity index (χ3v) is 12.1. The summed E-state index contributed by atoms with van der Waals surface area (Å²) < 4.78 is 12.4. The van der Waals surface area contributed by atoms with Crippen LogP contribution in [0.4, 0.5) is 0 Å². The van der Waals surface area contributed by atoms with E-state index in [1.54, 1.807) is 0 Å². The Balaban J connectivity index is 2.57. The van der Waals surface area contributed by atoms with E-state index in [0.717, 1.165) is 25.1 Å². The average Bonchev–Trinajstić information content (AvgIpc) is 3.15. The smallest absolute Gasteiger partial charge is 0.306 e. The number of esters is 1. The highest BCUT2D eigenvalue weighted by Gasteiger charge is 2.58. The zero-order valence-electron chi connectivity index (χ0n) is 20.2. The van der Waals surface area contributed by atoms with Gasteiger partial charge in [-0.15, -0.1) is 6.58 Å². The molecule has 0 spiro atoms. The topological polar surface area (TPSA) is 68.1 Å². The standard InChI is InChI=1S/C24H43NO4Si/c1-9-13-24(19-12-11-14-25-19)18(16-21(27)28-10-2)22(17(3)15-20(24)26)29-30(7,8)23(4,5)6/h9,17-18,20,22,26H,1,10-16H2,2-8H3/t17-,18+,20+,22-,24-/m0/s1. The van der Waals surface area contributed by atoms with Crippen molar-refractivity contribution in [2.75, 3.05) is 13.2 Å². The minimum atomic E-state index is -2.09. The van der Waals surface area contributed by atoms with Gasteiger partial charge in [0.05, 0.1) is 25.2 Å². The summed E-state index contributed by atoms with van der Waals surface area (Å²) in [6.07, 6.45) is 4.53. The molecule has 5 atom stereocenters. The largest absolute Gasteiger partial charge is 0.466 e. The number of aliphatic hydroxyl groups is 1. The molecule has 2 aliphatic rings. The van der Waals surface area contributed by atoms with E-state index in [4.69, 9.17) is 14.2 Å². The maximum atomic E-state index is 12.7. The van der Waals surface area contributed by atoms with Crippen LogP contribution in [-0.4, -0.2) is 50.5 Å². The Morgan fingerprint density at radius 1 is 1.40 bits per heavy atom. The summed E-state index contributed by atoms with van der Waals surface area (Å²) in [5.74, 6) is -0.257. The van der Waals surface area contributed by atoms with Gasteiger partial charge in [-0.2, -0.15) is 0 Å². The molecule has 172 valence electrons. The van der Waals surface area contributed by atoms with Gasteiger partial charge in [0.25, 0.3) is 0 Å². The van der Waals surface area contributed by atoms with Crippen LogP contribution in [0.1, 0.15) is 66.7 Å². The maximum Gasteiger partial charge on any atom is 0.306 e. The number of nitrogens with zero attached hydrogens (tertiary/aromatic N) is 1. The Kier molecular flexibility index (Phi) is 8.14. The van der Waals surface area contributed by atoms with Crippen molar-refractivity contribution in [1.82, 2.24) is 0 Å². The van der Waals surface area contributed by atoms with Crippen molar-refractivity contribution in [1.29, 1.82) is 0 Å². The second-order valence-corrected chi connectivity index (χ2v) is 15.4. The van der Waals surface area contributed by atoms with Gasteiger partial charge < -0.3 is 14.3 Å². The summed E-state index contributed by atoms with van der Waals surface area (Å²) in [6.45, 7) is 20.3. The molecule has 1 aliphatic heterocycles. The van der Waals surface area contributed by atoms with Crippen LogP contribution in [0.5, 0.6) is 0 Å². The van der Waals surface area contributed by atoms with E-state index in [0.29, 0.717) is 19.4 Å². The molecular formula is C24H43NO4Si. The Bertz CT molecular complexity index is 654. The van der Waals surface area contributed by atoms with Gasteiger partial charge in [0.2, 0.25) is 0 Å². The van der Waals surface area contributed by atoms with E-state index in [1.807, 2.05) is 13.0 Å². The highest BCUT2D eigenvalue weighted by Crippen LogP contribution is 2.53. The molecule has 5 nitrogen and oxygen atoms in total. The first-order valence-corrected chi connectivity index (χ1v) is 14.5. The number of hydrogen-bond donors (Lipinski definition) is 1.